The first-order valence-corrected chi connectivity index (χ1v) is 14.2. The molecule has 10 heteroatoms. The molecule has 1 aromatic rings. The van der Waals surface area contributed by atoms with Crippen LogP contribution >= 0.6 is 11.8 Å². The van der Waals surface area contributed by atoms with Crippen LogP contribution in [-0.4, -0.2) is 32.8 Å². The molecule has 0 aromatic heterocycles. The Labute approximate surface area is 237 Å². The molecule has 0 saturated heterocycles. The number of nitrogens with two attached hydrogens (primary N) is 1. The number of hydrogen-bond acceptors (Lipinski definition) is 8. The van der Waals surface area contributed by atoms with Gasteiger partial charge in [-0.25, -0.2) is 19.3 Å². The number of aliphatic imine (C=N–C) groups is 1. The summed E-state index contributed by atoms with van der Waals surface area (Å²) in [5.41, 5.74) is -0.501. The van der Waals surface area contributed by atoms with E-state index < -0.39 is 22.8 Å². The maximum absolute atomic E-state index is 14.9. The molecule has 4 rings (SSSR count). The predicted octanol–water partition coefficient (Wildman–Crippen LogP) is 4.88. The minimum absolute atomic E-state index is 0.0343. The number of nitrogens with one attached hydrogen (secondary N) is 1. The number of hydrogen-bond donors (Lipinski definition) is 3. The van der Waals surface area contributed by atoms with E-state index in [1.807, 2.05) is 19.1 Å². The molecule has 0 radical (unpaired) electrons. The highest BCUT2D eigenvalue weighted by molar-refractivity contribution is 8.26. The number of carbonyl (C=O) groups is 2. The third-order valence-corrected chi connectivity index (χ3v) is 8.62. The highest BCUT2D eigenvalue weighted by Gasteiger charge is 2.47. The molecular weight excluding hydrogens is 531 g/mol. The van der Waals surface area contributed by atoms with Gasteiger partial charge in [-0.3, -0.25) is 5.41 Å². The standard InChI is InChI=1S/C30H33FN4O4S/c1-4-25(33)40-28-34-20(15-26(37)35-28)14-21-24(36)16-30(39-27(21)38,19-7-5-6-8-19)12-11-18-9-10-22(23(31)13-18)29(2,3)17-32/h5-6,9-10,13,15,19,33,36H,4,7-8,11-12,14,16H2,1-3H3,(H,34,35,37)/p+1. The number of rotatable bonds is 8. The van der Waals surface area contributed by atoms with Crippen molar-refractivity contribution in [1.82, 2.24) is 0 Å². The summed E-state index contributed by atoms with van der Waals surface area (Å²) in [7, 11) is 0. The van der Waals surface area contributed by atoms with Crippen LogP contribution in [0.3, 0.4) is 0 Å². The van der Waals surface area contributed by atoms with Gasteiger partial charge in [0.2, 0.25) is 0 Å². The molecule has 0 spiro atoms. The first-order chi connectivity index (χ1) is 19.0. The van der Waals surface area contributed by atoms with E-state index in [1.54, 1.807) is 26.0 Å². The maximum atomic E-state index is 14.9. The number of quaternary nitrogens is 1. The van der Waals surface area contributed by atoms with Crippen molar-refractivity contribution in [3.05, 3.63) is 70.4 Å². The lowest BCUT2D eigenvalue weighted by Crippen LogP contribution is -2.91. The highest BCUT2D eigenvalue weighted by Crippen LogP contribution is 2.44. The number of aliphatic hydroxyl groups is 1. The quantitative estimate of drug-likeness (QED) is 0.178. The van der Waals surface area contributed by atoms with E-state index in [-0.39, 0.29) is 36.0 Å². The Morgan fingerprint density at radius 2 is 2.08 bits per heavy atom. The molecule has 1 amide bonds. The van der Waals surface area contributed by atoms with Gasteiger partial charge in [0.15, 0.2) is 0 Å². The van der Waals surface area contributed by atoms with Crippen molar-refractivity contribution in [2.75, 3.05) is 0 Å². The fraction of sp³-hybridized carbons (Fsp3) is 0.433. The predicted molar refractivity (Wildman–Crippen MR) is 151 cm³/mol. The van der Waals surface area contributed by atoms with Crippen molar-refractivity contribution >= 4 is 33.8 Å². The van der Waals surface area contributed by atoms with Gasteiger partial charge >= 0.3 is 11.9 Å². The smallest absolute Gasteiger partial charge is 0.343 e. The van der Waals surface area contributed by atoms with Gasteiger partial charge in [-0.05, 0) is 57.6 Å². The van der Waals surface area contributed by atoms with Crippen LogP contribution in [0.5, 0.6) is 0 Å². The third kappa shape index (κ3) is 6.43. The number of carbonyl (C=O) groups excluding carboxylic acids is 2. The molecule has 40 heavy (non-hydrogen) atoms. The van der Waals surface area contributed by atoms with Gasteiger partial charge in [0.25, 0.3) is 5.17 Å². The fourth-order valence-electron chi connectivity index (χ4n) is 5.28. The number of aliphatic hydroxyl groups excluding tert-OH is 1. The molecule has 0 fully saturated rings. The molecule has 1 aromatic carbocycles. The Morgan fingerprint density at radius 3 is 2.70 bits per heavy atom. The number of amides is 1. The number of benzene rings is 1. The summed E-state index contributed by atoms with van der Waals surface area (Å²) >= 11 is 1.09. The topological polar surface area (TPSA) is 140 Å². The minimum atomic E-state index is -0.972. The molecule has 8 nitrogen and oxygen atoms in total. The SMILES string of the molecule is CCC(=N)SC1=NC(CC2=C(O)CC(CCc3ccc(C(C)(C)C#N)c(F)c3)(C3CC=CC3)OC2=O)=CC(=O)[NH2+]1. The molecule has 2 heterocycles. The van der Waals surface area contributed by atoms with Crippen molar-refractivity contribution < 1.29 is 29.1 Å². The summed E-state index contributed by atoms with van der Waals surface area (Å²) in [4.78, 5) is 30.0. The van der Waals surface area contributed by atoms with Crippen molar-refractivity contribution in [2.45, 2.75) is 76.7 Å². The van der Waals surface area contributed by atoms with Gasteiger partial charge in [0.05, 0.1) is 33.9 Å². The number of aryl methyl sites for hydroxylation is 1. The number of cyclic esters (lactones) is 1. The molecule has 210 valence electrons. The largest absolute Gasteiger partial charge is 0.512 e. The third-order valence-electron chi connectivity index (χ3n) is 7.67. The van der Waals surface area contributed by atoms with E-state index in [1.165, 1.54) is 17.5 Å². The lowest BCUT2D eigenvalue weighted by atomic mass is 9.75. The average Bonchev–Trinajstić information content (AvgIpc) is 3.45. The molecule has 1 atom stereocenters. The van der Waals surface area contributed by atoms with E-state index in [2.05, 4.69) is 11.1 Å². The molecule has 1 aliphatic carbocycles. The van der Waals surface area contributed by atoms with E-state index >= 15 is 0 Å². The second kappa shape index (κ2) is 11.9. The average molecular weight is 566 g/mol. The Hall–Kier alpha value is -3.55. The van der Waals surface area contributed by atoms with Crippen LogP contribution in [0.25, 0.3) is 0 Å². The van der Waals surface area contributed by atoms with Crippen molar-refractivity contribution in [3.63, 3.8) is 0 Å². The van der Waals surface area contributed by atoms with E-state index in [9.17, 15) is 24.3 Å². The van der Waals surface area contributed by atoms with Gasteiger partial charge in [0, 0.05) is 36.1 Å². The van der Waals surface area contributed by atoms with E-state index in [0.717, 1.165) is 11.8 Å². The van der Waals surface area contributed by atoms with Gasteiger partial charge in [-0.15, -0.1) is 0 Å². The maximum Gasteiger partial charge on any atom is 0.343 e. The second-order valence-electron chi connectivity index (χ2n) is 10.9. The summed E-state index contributed by atoms with van der Waals surface area (Å²) < 4.78 is 21.0. The van der Waals surface area contributed by atoms with Gasteiger partial charge in [0.1, 0.15) is 17.2 Å². The number of allylic oxidation sites excluding steroid dienone is 3. The van der Waals surface area contributed by atoms with Crippen molar-refractivity contribution in [3.8, 4) is 6.07 Å². The van der Waals surface area contributed by atoms with Crippen LogP contribution in [0.15, 0.2) is 58.4 Å². The van der Waals surface area contributed by atoms with Crippen molar-refractivity contribution in [2.24, 2.45) is 10.9 Å². The first-order valence-electron chi connectivity index (χ1n) is 13.4. The van der Waals surface area contributed by atoms with Crippen LogP contribution in [0.1, 0.15) is 70.4 Å². The number of nitrogens with zero attached hydrogens (tertiary/aromatic N) is 2. The number of thioether (sulfide) groups is 1. The Morgan fingerprint density at radius 1 is 1.35 bits per heavy atom. The molecule has 0 bridgehead atoms. The molecule has 0 saturated carbocycles. The first kappa shape index (κ1) is 29.4. The summed E-state index contributed by atoms with van der Waals surface area (Å²) in [6.45, 7) is 5.17. The fourth-order valence-corrected chi connectivity index (χ4v) is 6.01. The van der Waals surface area contributed by atoms with Gasteiger partial charge in [-0.2, -0.15) is 10.3 Å². The van der Waals surface area contributed by atoms with Gasteiger partial charge in [-0.1, -0.05) is 31.2 Å². The zero-order valence-electron chi connectivity index (χ0n) is 22.9. The number of halogens is 1. The molecular formula is C30H34FN4O4S+. The van der Waals surface area contributed by atoms with Crippen LogP contribution in [0, 0.1) is 28.5 Å². The lowest BCUT2D eigenvalue weighted by molar-refractivity contribution is -0.442. The summed E-state index contributed by atoms with van der Waals surface area (Å²) in [5, 5.41) is 30.5. The highest BCUT2D eigenvalue weighted by atomic mass is 32.2. The molecule has 3 aliphatic rings. The molecule has 2 aliphatic heterocycles. The summed E-state index contributed by atoms with van der Waals surface area (Å²) in [6.07, 6.45) is 8.15. The van der Waals surface area contributed by atoms with Crippen molar-refractivity contribution in [1.29, 1.82) is 10.7 Å². The minimum Gasteiger partial charge on any atom is -0.512 e. The lowest BCUT2D eigenvalue weighted by Gasteiger charge is -2.42. The number of esters is 1. The zero-order chi connectivity index (χ0) is 29.1. The van der Waals surface area contributed by atoms with E-state index in [0.29, 0.717) is 59.1 Å². The summed E-state index contributed by atoms with van der Waals surface area (Å²) in [5.74, 6) is -1.52. The van der Waals surface area contributed by atoms with Crippen LogP contribution in [0.2, 0.25) is 0 Å². The Kier molecular flexibility index (Phi) is 8.76. The normalized spacial score (nSPS) is 21.7. The second-order valence-corrected chi connectivity index (χ2v) is 12.1. The summed E-state index contributed by atoms with van der Waals surface area (Å²) in [6, 6.07) is 6.97. The molecule has 4 N–H and O–H groups in total. The zero-order valence-corrected chi connectivity index (χ0v) is 23.7. The van der Waals surface area contributed by atoms with Gasteiger partial charge < -0.3 is 9.84 Å². The van der Waals surface area contributed by atoms with Crippen LogP contribution < -0.4 is 5.32 Å². The number of amidine groups is 1. The number of nitriles is 1. The Bertz CT molecular complexity index is 1400. The van der Waals surface area contributed by atoms with E-state index in [4.69, 9.17) is 10.1 Å². The monoisotopic (exact) mass is 565 g/mol. The van der Waals surface area contributed by atoms with Crippen LogP contribution in [-0.2, 0) is 26.2 Å². The number of primary amides is 1. The molecule has 1 unspecified atom stereocenters. The number of ether oxygens (including phenoxy) is 1. The Balaban J connectivity index is 1.55. The van der Waals surface area contributed by atoms with Crippen LogP contribution in [0.4, 0.5) is 4.39 Å².